The summed E-state index contributed by atoms with van der Waals surface area (Å²) in [5.41, 5.74) is 0. The van der Waals surface area contributed by atoms with Crippen LogP contribution in [-0.4, -0.2) is 22.4 Å². The van der Waals surface area contributed by atoms with E-state index in [2.05, 4.69) is 5.32 Å². The van der Waals surface area contributed by atoms with Gasteiger partial charge in [0.25, 0.3) is 0 Å². The zero-order valence-electron chi connectivity index (χ0n) is 5.06. The second-order valence-electron chi connectivity index (χ2n) is 1.37. The van der Waals surface area contributed by atoms with E-state index in [1.807, 2.05) is 0 Å². The molecule has 1 rings (SSSR count). The third-order valence-electron chi connectivity index (χ3n) is 0.767. The Kier molecular flexibility index (Phi) is 4.54. The minimum Gasteiger partial charge on any atom is -0.681 e. The Morgan fingerprint density at radius 2 is 2.22 bits per heavy atom. The monoisotopic (exact) mass is 137 g/mol. The van der Waals surface area contributed by atoms with Crippen LogP contribution >= 0.6 is 11.8 Å². The molecule has 0 aliphatic carbocycles. The van der Waals surface area contributed by atoms with Crippen LogP contribution in [0, 0.1) is 0 Å². The van der Waals surface area contributed by atoms with Gasteiger partial charge in [-0.25, -0.2) is 0 Å². The Morgan fingerprint density at radius 3 is 2.44 bits per heavy atom. The first-order valence-electron chi connectivity index (χ1n) is 2.17. The van der Waals surface area contributed by atoms with Gasteiger partial charge in [-0.1, -0.05) is 5.41 Å². The third kappa shape index (κ3) is 2.70. The van der Waals surface area contributed by atoms with Crippen molar-refractivity contribution in [3.63, 3.8) is 0 Å². The number of nitrogens with zero attached hydrogens (tertiary/aromatic N) is 1. The van der Waals surface area contributed by atoms with Gasteiger partial charge in [-0.2, -0.15) is 18.0 Å². The average molecular weight is 137 g/mol. The summed E-state index contributed by atoms with van der Waals surface area (Å²) in [6, 6.07) is 0. The normalized spacial score (nSPS) is 22.7. The van der Waals surface area contributed by atoms with Crippen molar-refractivity contribution in [3.05, 3.63) is 16.9 Å². The molecule has 1 heterocycles. The van der Waals surface area contributed by atoms with E-state index < -0.39 is 12.4 Å². The van der Waals surface area contributed by atoms with Gasteiger partial charge in [0, 0.05) is 0 Å². The van der Waals surface area contributed by atoms with Crippen LogP contribution in [-0.2, 0) is 0 Å². The first kappa shape index (κ1) is 9.47. The summed E-state index contributed by atoms with van der Waals surface area (Å²) in [7, 11) is -1.32. The third-order valence-corrected chi connectivity index (χ3v) is 1.69. The first-order chi connectivity index (χ1) is 3.80. The van der Waals surface area contributed by atoms with Crippen LogP contribution in [0.25, 0.3) is 5.32 Å². The molecule has 9 heavy (non-hydrogen) atoms. The summed E-state index contributed by atoms with van der Waals surface area (Å²) < 4.78 is 0. The van der Waals surface area contributed by atoms with Crippen molar-refractivity contribution in [1.29, 1.82) is 0 Å². The quantitative estimate of drug-likeness (QED) is 0.377. The van der Waals surface area contributed by atoms with Crippen LogP contribution in [0.3, 0.4) is 0 Å². The Bertz CT molecular complexity index is 104. The zero-order valence-corrected chi connectivity index (χ0v) is 5.88. The van der Waals surface area contributed by atoms with E-state index in [4.69, 9.17) is 10.0 Å². The Hall–Kier alpha value is 0.472. The molecular formula is C3H5BLiNO2S. The smallest absolute Gasteiger partial charge is 0.681 e. The predicted molar refractivity (Wildman–Crippen MR) is 34.1 cm³/mol. The minimum absolute atomic E-state index is 0. The van der Waals surface area contributed by atoms with Gasteiger partial charge in [0.1, 0.15) is 0 Å². The molecule has 0 saturated heterocycles. The van der Waals surface area contributed by atoms with Crippen molar-refractivity contribution in [1.82, 2.24) is 0 Å². The predicted octanol–water partition coefficient (Wildman–Crippen LogP) is -3.08. The maximum absolute atomic E-state index is 8.45. The molecule has 1 aliphatic heterocycles. The first-order valence-corrected chi connectivity index (χ1v) is 3.11. The fourth-order valence-electron chi connectivity index (χ4n) is 0.418. The molecule has 0 amide bonds. The molecule has 0 aromatic carbocycles. The van der Waals surface area contributed by atoms with Crippen molar-refractivity contribution in [3.8, 4) is 0 Å². The largest absolute Gasteiger partial charge is 1.00 e. The van der Waals surface area contributed by atoms with E-state index in [1.54, 1.807) is 11.6 Å². The standard InChI is InChI=1S/C3H5BNO2S.Li/c6-4(7)3-5-1-2-8-3;/h1-3,6-7H;/q-1;+1. The second kappa shape index (κ2) is 4.31. The fourth-order valence-corrected chi connectivity index (χ4v) is 1.00. The maximum atomic E-state index is 8.45. The van der Waals surface area contributed by atoms with Crippen LogP contribution in [0.5, 0.6) is 0 Å². The molecular weight excluding hydrogens is 132 g/mol. The van der Waals surface area contributed by atoms with E-state index in [1.165, 1.54) is 11.8 Å². The molecule has 0 spiro atoms. The van der Waals surface area contributed by atoms with Gasteiger partial charge >= 0.3 is 26.0 Å². The van der Waals surface area contributed by atoms with Crippen molar-refractivity contribution in [2.75, 3.05) is 0 Å². The number of hydrogen-bond acceptors (Lipinski definition) is 3. The SMILES string of the molecule is OB(O)C1[N-]C=CS1.[Li+]. The van der Waals surface area contributed by atoms with Crippen LogP contribution in [0.2, 0.25) is 0 Å². The number of hydrogen-bond donors (Lipinski definition) is 2. The van der Waals surface area contributed by atoms with Gasteiger partial charge in [0.15, 0.2) is 0 Å². The van der Waals surface area contributed by atoms with Gasteiger partial charge in [-0.05, 0) is 5.27 Å². The van der Waals surface area contributed by atoms with Gasteiger partial charge in [0.05, 0.1) is 0 Å². The average Bonchev–Trinajstić information content (AvgIpc) is 2.12. The molecule has 0 aromatic heterocycles. The van der Waals surface area contributed by atoms with E-state index in [-0.39, 0.29) is 18.9 Å². The molecule has 44 valence electrons. The molecule has 0 bridgehead atoms. The molecule has 0 fully saturated rings. The van der Waals surface area contributed by atoms with Gasteiger partial charge in [-0.3, -0.25) is 0 Å². The van der Waals surface area contributed by atoms with Crippen molar-refractivity contribution in [2.45, 2.75) is 5.27 Å². The van der Waals surface area contributed by atoms with E-state index in [0.717, 1.165) is 0 Å². The van der Waals surface area contributed by atoms with Crippen LogP contribution in [0.1, 0.15) is 0 Å². The van der Waals surface area contributed by atoms with Crippen LogP contribution < -0.4 is 18.9 Å². The maximum Gasteiger partial charge on any atom is 1.00 e. The van der Waals surface area contributed by atoms with Gasteiger partial charge in [-0.15, -0.1) is 0 Å². The van der Waals surface area contributed by atoms with Crippen molar-refractivity contribution < 1.29 is 28.9 Å². The van der Waals surface area contributed by atoms with Crippen LogP contribution in [0.15, 0.2) is 11.6 Å². The summed E-state index contributed by atoms with van der Waals surface area (Å²) in [6.07, 6.45) is 1.56. The molecule has 0 saturated carbocycles. The summed E-state index contributed by atoms with van der Waals surface area (Å²) in [5.74, 6) is 0. The van der Waals surface area contributed by atoms with Gasteiger partial charge < -0.3 is 15.4 Å². The number of thioether (sulfide) groups is 1. The van der Waals surface area contributed by atoms with E-state index in [0.29, 0.717) is 0 Å². The summed E-state index contributed by atoms with van der Waals surface area (Å²) in [4.78, 5) is 0. The molecule has 1 aliphatic rings. The topological polar surface area (TPSA) is 54.6 Å². The van der Waals surface area contributed by atoms with Crippen molar-refractivity contribution in [2.24, 2.45) is 0 Å². The van der Waals surface area contributed by atoms with Crippen LogP contribution in [0.4, 0.5) is 0 Å². The molecule has 1 atom stereocenters. The van der Waals surface area contributed by atoms with E-state index in [9.17, 15) is 0 Å². The van der Waals surface area contributed by atoms with E-state index >= 15 is 0 Å². The summed E-state index contributed by atoms with van der Waals surface area (Å²) >= 11 is 1.30. The Balaban J connectivity index is 0.000000640. The molecule has 1 unspecified atom stereocenters. The number of rotatable bonds is 1. The second-order valence-corrected chi connectivity index (χ2v) is 2.40. The minimum atomic E-state index is -1.32. The molecule has 3 nitrogen and oxygen atoms in total. The Labute approximate surface area is 70.2 Å². The zero-order chi connectivity index (χ0) is 5.98. The Morgan fingerprint density at radius 1 is 1.56 bits per heavy atom. The molecule has 0 radical (unpaired) electrons. The summed E-state index contributed by atoms with van der Waals surface area (Å²) in [6.45, 7) is 0. The summed E-state index contributed by atoms with van der Waals surface area (Å²) in [5, 5.41) is 22.0. The van der Waals surface area contributed by atoms with Gasteiger partial charge in [0.2, 0.25) is 0 Å². The molecule has 2 N–H and O–H groups in total. The molecule has 0 aromatic rings. The fraction of sp³-hybridized carbons (Fsp3) is 0.333. The van der Waals surface area contributed by atoms with Crippen molar-refractivity contribution >= 4 is 18.9 Å². The molecule has 6 heteroatoms.